The van der Waals surface area contributed by atoms with E-state index in [4.69, 9.17) is 0 Å². The van der Waals surface area contributed by atoms with Crippen molar-refractivity contribution in [2.75, 3.05) is 36.2 Å². The number of nitrogens with zero attached hydrogens (tertiary/aromatic N) is 1. The Labute approximate surface area is 116 Å². The number of nitro benzene ring substituents is 1. The van der Waals surface area contributed by atoms with Crippen LogP contribution in [0.2, 0.25) is 0 Å². The molecule has 0 aliphatic rings. The van der Waals surface area contributed by atoms with Gasteiger partial charge in [0.2, 0.25) is 0 Å². The average Bonchev–Trinajstić information content (AvgIpc) is 2.36. The van der Waals surface area contributed by atoms with E-state index in [1.165, 1.54) is 12.1 Å². The summed E-state index contributed by atoms with van der Waals surface area (Å²) in [4.78, 5) is 10.4. The first-order valence-corrected chi connectivity index (χ1v) is 7.20. The Morgan fingerprint density at radius 2 is 2.05 bits per heavy atom. The molecule has 0 amide bonds. The van der Waals surface area contributed by atoms with E-state index in [1.807, 2.05) is 6.26 Å². The van der Waals surface area contributed by atoms with Crippen molar-refractivity contribution in [3.05, 3.63) is 28.3 Å². The molecule has 106 valence electrons. The van der Waals surface area contributed by atoms with Gasteiger partial charge in [-0.15, -0.1) is 0 Å². The molecule has 1 rings (SSSR count). The van der Waals surface area contributed by atoms with Crippen molar-refractivity contribution in [2.24, 2.45) is 0 Å². The number of hydrogen-bond acceptors (Lipinski definition) is 6. The van der Waals surface area contributed by atoms with Crippen LogP contribution in [0.5, 0.6) is 0 Å². The van der Waals surface area contributed by atoms with Crippen molar-refractivity contribution in [2.45, 2.75) is 12.5 Å². The summed E-state index contributed by atoms with van der Waals surface area (Å²) < 4.78 is 0. The van der Waals surface area contributed by atoms with Gasteiger partial charge in [-0.2, -0.15) is 11.8 Å². The third-order valence-corrected chi connectivity index (χ3v) is 3.46. The van der Waals surface area contributed by atoms with E-state index in [0.717, 1.165) is 0 Å². The van der Waals surface area contributed by atoms with Crippen LogP contribution in [-0.4, -0.2) is 41.2 Å². The number of nitrogens with one attached hydrogen (secondary N) is 2. The third kappa shape index (κ3) is 4.96. The molecule has 0 heterocycles. The van der Waals surface area contributed by atoms with Crippen LogP contribution < -0.4 is 10.6 Å². The summed E-state index contributed by atoms with van der Waals surface area (Å²) in [5.74, 6) is 0.591. The predicted octanol–water partition coefficient (Wildman–Crippen LogP) is 2.16. The maximum atomic E-state index is 10.8. The molecule has 7 heteroatoms. The molecule has 3 N–H and O–H groups in total. The molecule has 1 aromatic rings. The van der Waals surface area contributed by atoms with Crippen molar-refractivity contribution in [3.63, 3.8) is 0 Å². The van der Waals surface area contributed by atoms with Crippen molar-refractivity contribution >= 4 is 28.8 Å². The van der Waals surface area contributed by atoms with Crippen LogP contribution >= 0.6 is 11.8 Å². The number of anilines is 2. The van der Waals surface area contributed by atoms with E-state index in [0.29, 0.717) is 23.7 Å². The van der Waals surface area contributed by atoms with Gasteiger partial charge in [-0.05, 0) is 19.2 Å². The van der Waals surface area contributed by atoms with Gasteiger partial charge in [0.15, 0.2) is 0 Å². The fourth-order valence-electron chi connectivity index (χ4n) is 1.62. The first-order chi connectivity index (χ1) is 8.88. The largest absolute Gasteiger partial charge is 0.388 e. The number of thioether (sulfide) groups is 1. The molecule has 0 saturated carbocycles. The Hall–Kier alpha value is -1.47. The molecule has 0 bridgehead atoms. The normalized spacial score (nSPS) is 13.7. The maximum absolute atomic E-state index is 10.8. The van der Waals surface area contributed by atoms with Crippen LogP contribution in [-0.2, 0) is 0 Å². The molecule has 6 nitrogen and oxygen atoms in total. The lowest BCUT2D eigenvalue weighted by atomic mass is 10.1. The summed E-state index contributed by atoms with van der Waals surface area (Å²) in [6, 6.07) is 4.68. The Morgan fingerprint density at radius 1 is 1.42 bits per heavy atom. The molecule has 0 spiro atoms. The van der Waals surface area contributed by atoms with Gasteiger partial charge < -0.3 is 15.7 Å². The number of rotatable bonds is 7. The summed E-state index contributed by atoms with van der Waals surface area (Å²) >= 11 is 1.55. The Morgan fingerprint density at radius 3 is 2.58 bits per heavy atom. The minimum absolute atomic E-state index is 0.0128. The second-order valence-corrected chi connectivity index (χ2v) is 5.43. The number of nitro groups is 1. The lowest BCUT2D eigenvalue weighted by Crippen LogP contribution is -2.36. The zero-order chi connectivity index (χ0) is 14.5. The second-order valence-electron chi connectivity index (χ2n) is 4.56. The molecule has 0 saturated heterocycles. The maximum Gasteiger partial charge on any atom is 0.273 e. The highest BCUT2D eigenvalue weighted by molar-refractivity contribution is 7.98. The van der Waals surface area contributed by atoms with Crippen LogP contribution in [0.4, 0.5) is 17.1 Å². The van der Waals surface area contributed by atoms with Crippen molar-refractivity contribution in [1.82, 2.24) is 0 Å². The third-order valence-electron chi connectivity index (χ3n) is 2.55. The van der Waals surface area contributed by atoms with Crippen LogP contribution in [0.3, 0.4) is 0 Å². The van der Waals surface area contributed by atoms with E-state index < -0.39 is 10.5 Å². The molecule has 1 unspecified atom stereocenters. The van der Waals surface area contributed by atoms with Crippen LogP contribution in [0.15, 0.2) is 18.2 Å². The predicted molar refractivity (Wildman–Crippen MR) is 80.1 cm³/mol. The number of non-ortho nitro benzene ring substituents is 1. The summed E-state index contributed by atoms with van der Waals surface area (Å²) in [6.07, 6.45) is 1.92. The molecule has 19 heavy (non-hydrogen) atoms. The number of hydrogen-bond donors (Lipinski definition) is 3. The first-order valence-electron chi connectivity index (χ1n) is 5.80. The van der Waals surface area contributed by atoms with Gasteiger partial charge >= 0.3 is 0 Å². The average molecular weight is 285 g/mol. The van der Waals surface area contributed by atoms with Crippen LogP contribution in [0, 0.1) is 10.1 Å². The summed E-state index contributed by atoms with van der Waals surface area (Å²) in [7, 11) is 1.70. The van der Waals surface area contributed by atoms with Gasteiger partial charge in [-0.25, -0.2) is 0 Å². The summed E-state index contributed by atoms with van der Waals surface area (Å²) in [5.41, 5.74) is 0.420. The van der Waals surface area contributed by atoms with Gasteiger partial charge in [0.1, 0.15) is 0 Å². The molecular weight excluding hydrogens is 266 g/mol. The molecule has 0 radical (unpaired) electrons. The lowest BCUT2D eigenvalue weighted by molar-refractivity contribution is -0.384. The topological polar surface area (TPSA) is 87.4 Å². The van der Waals surface area contributed by atoms with E-state index >= 15 is 0 Å². The quantitative estimate of drug-likeness (QED) is 0.525. The fourth-order valence-corrected chi connectivity index (χ4v) is 2.34. The highest BCUT2D eigenvalue weighted by atomic mass is 32.2. The zero-order valence-corrected chi connectivity index (χ0v) is 12.1. The van der Waals surface area contributed by atoms with Gasteiger partial charge in [-0.1, -0.05) is 0 Å². The first kappa shape index (κ1) is 15.6. The van der Waals surface area contributed by atoms with Gasteiger partial charge in [0.05, 0.1) is 10.5 Å². The van der Waals surface area contributed by atoms with Gasteiger partial charge in [0.25, 0.3) is 5.69 Å². The van der Waals surface area contributed by atoms with E-state index in [-0.39, 0.29) is 5.69 Å². The fraction of sp³-hybridized carbons (Fsp3) is 0.500. The van der Waals surface area contributed by atoms with E-state index in [1.54, 1.807) is 31.8 Å². The van der Waals surface area contributed by atoms with Crippen molar-refractivity contribution in [1.29, 1.82) is 0 Å². The second kappa shape index (κ2) is 6.63. The SMILES string of the molecule is CNc1cc(NCC(C)(O)CSC)cc([N+](=O)[O-])c1. The lowest BCUT2D eigenvalue weighted by Gasteiger charge is -2.23. The Kier molecular flexibility index (Phi) is 5.44. The van der Waals surface area contributed by atoms with Crippen LogP contribution in [0.25, 0.3) is 0 Å². The molecule has 1 aromatic carbocycles. The Bertz CT molecular complexity index is 452. The minimum atomic E-state index is -0.857. The highest BCUT2D eigenvalue weighted by Gasteiger charge is 2.19. The number of aliphatic hydroxyl groups is 1. The number of benzene rings is 1. The Balaban J connectivity index is 2.83. The van der Waals surface area contributed by atoms with Crippen LogP contribution in [0.1, 0.15) is 6.92 Å². The molecule has 0 aliphatic carbocycles. The monoisotopic (exact) mass is 285 g/mol. The summed E-state index contributed by atoms with van der Waals surface area (Å²) in [5, 5.41) is 26.8. The summed E-state index contributed by atoms with van der Waals surface area (Å²) in [6.45, 7) is 2.06. The van der Waals surface area contributed by atoms with E-state index in [9.17, 15) is 15.2 Å². The molecule has 1 atom stereocenters. The zero-order valence-electron chi connectivity index (χ0n) is 11.3. The molecular formula is C12H19N3O3S. The molecule has 0 aromatic heterocycles. The smallest absolute Gasteiger partial charge is 0.273 e. The minimum Gasteiger partial charge on any atom is -0.388 e. The highest BCUT2D eigenvalue weighted by Crippen LogP contribution is 2.24. The molecule has 0 aliphatic heterocycles. The van der Waals surface area contributed by atoms with Crippen molar-refractivity contribution in [3.8, 4) is 0 Å². The van der Waals surface area contributed by atoms with Gasteiger partial charge in [-0.3, -0.25) is 10.1 Å². The molecule has 0 fully saturated rings. The van der Waals surface area contributed by atoms with Gasteiger partial charge in [0, 0.05) is 42.9 Å². The standard InChI is InChI=1S/C12H19N3O3S/c1-12(16,8-19-3)7-14-10-4-9(13-2)5-11(6-10)15(17)18/h4-6,13-14,16H,7-8H2,1-3H3. The van der Waals surface area contributed by atoms with E-state index in [2.05, 4.69) is 10.6 Å². The van der Waals surface area contributed by atoms with Crippen molar-refractivity contribution < 1.29 is 10.0 Å².